The molecule has 1 heteroatoms. The number of benzene rings is 4. The molecule has 0 N–H and O–H groups in total. The predicted molar refractivity (Wildman–Crippen MR) is 202 cm³/mol. The average Bonchev–Trinajstić information content (AvgIpc) is 2.92. The van der Waals surface area contributed by atoms with Crippen LogP contribution in [-0.2, 0) is 21.7 Å². The van der Waals surface area contributed by atoms with Gasteiger partial charge in [0.2, 0.25) is 0 Å². The van der Waals surface area contributed by atoms with Gasteiger partial charge in [0.25, 0.3) is 0 Å². The molecule has 45 heavy (non-hydrogen) atoms. The van der Waals surface area contributed by atoms with E-state index in [0.717, 1.165) is 0 Å². The van der Waals surface area contributed by atoms with E-state index in [4.69, 9.17) is 0 Å². The van der Waals surface area contributed by atoms with Gasteiger partial charge in [-0.2, -0.15) is 0 Å². The van der Waals surface area contributed by atoms with E-state index in [1.807, 2.05) is 0 Å². The summed E-state index contributed by atoms with van der Waals surface area (Å²) in [6.45, 7) is 29.2. The summed E-state index contributed by atoms with van der Waals surface area (Å²) in [6, 6.07) is 37.8. The molecule has 0 atom stereocenters. The summed E-state index contributed by atoms with van der Waals surface area (Å²) in [6.07, 6.45) is 0. The molecule has 0 amide bonds. The van der Waals surface area contributed by atoms with Crippen LogP contribution in [0.2, 0.25) is 17.7 Å². The fourth-order valence-electron chi connectivity index (χ4n) is 8.55. The summed E-state index contributed by atoms with van der Waals surface area (Å²) in [5.41, 5.74) is 11.7. The molecule has 0 spiro atoms. The molecular weight excluding hydrogens is 647 g/mol. The molecule has 4 aromatic rings. The van der Waals surface area contributed by atoms with Gasteiger partial charge in [-0.05, 0) is 0 Å². The van der Waals surface area contributed by atoms with Crippen LogP contribution in [0.5, 0.6) is 0 Å². The molecule has 240 valence electrons. The average molecular weight is 708 g/mol. The minimum absolute atomic E-state index is 0.0971. The number of rotatable bonds is 12. The Hall–Kier alpha value is -2.32. The standard InChI is InChI=1S/4C11H15.Sn/c4*1-9-5-7-10(8-6-9)11(2,3)4;/h4*5-8H,2H2,1,3-4H3;. The van der Waals surface area contributed by atoms with Crippen molar-refractivity contribution in [2.45, 2.75) is 122 Å². The molecule has 0 radical (unpaired) electrons. The first-order chi connectivity index (χ1) is 20.8. The topological polar surface area (TPSA) is 0 Å². The van der Waals surface area contributed by atoms with E-state index < -0.39 is 18.4 Å². The Balaban J connectivity index is 1.92. The van der Waals surface area contributed by atoms with Crippen molar-refractivity contribution >= 4 is 18.4 Å². The molecule has 0 aliphatic carbocycles. The Morgan fingerprint density at radius 2 is 0.467 bits per heavy atom. The zero-order chi connectivity index (χ0) is 33.3. The second kappa shape index (κ2) is 13.4. The predicted octanol–water partition coefficient (Wildman–Crippen LogP) is 12.6. The summed E-state index contributed by atoms with van der Waals surface area (Å²) in [7, 11) is 0. The molecular formula is C44H60Sn. The van der Waals surface area contributed by atoms with Crippen molar-refractivity contribution in [1.29, 1.82) is 0 Å². The van der Waals surface area contributed by atoms with Gasteiger partial charge in [0.05, 0.1) is 0 Å². The quantitative estimate of drug-likeness (QED) is 0.129. The molecule has 0 saturated heterocycles. The first-order valence-electron chi connectivity index (χ1n) is 17.1. The van der Waals surface area contributed by atoms with Crippen molar-refractivity contribution in [3.63, 3.8) is 0 Å². The molecule has 0 bridgehead atoms. The van der Waals surface area contributed by atoms with E-state index in [-0.39, 0.29) is 21.7 Å². The fourth-order valence-corrected chi connectivity index (χ4v) is 34.4. The molecule has 4 rings (SSSR count). The Labute approximate surface area is 281 Å². The van der Waals surface area contributed by atoms with Crippen LogP contribution in [0, 0.1) is 27.7 Å². The van der Waals surface area contributed by atoms with Crippen LogP contribution in [0.4, 0.5) is 0 Å². The summed E-state index contributed by atoms with van der Waals surface area (Å²) in [4.78, 5) is 0. The monoisotopic (exact) mass is 708 g/mol. The Morgan fingerprint density at radius 3 is 0.622 bits per heavy atom. The zero-order valence-corrected chi connectivity index (χ0v) is 33.4. The van der Waals surface area contributed by atoms with Crippen LogP contribution in [-0.4, -0.2) is 18.4 Å². The van der Waals surface area contributed by atoms with E-state index >= 15 is 0 Å². The van der Waals surface area contributed by atoms with Gasteiger partial charge in [-0.3, -0.25) is 0 Å². The molecule has 0 aliphatic heterocycles. The zero-order valence-electron chi connectivity index (χ0n) is 30.6. The second-order valence-electron chi connectivity index (χ2n) is 17.2. The van der Waals surface area contributed by atoms with Crippen LogP contribution in [0.3, 0.4) is 0 Å². The van der Waals surface area contributed by atoms with E-state index in [9.17, 15) is 0 Å². The number of hydrogen-bond acceptors (Lipinski definition) is 0. The third-order valence-corrected chi connectivity index (χ3v) is 29.3. The Bertz CT molecular complexity index is 1290. The van der Waals surface area contributed by atoms with Gasteiger partial charge in [-0.25, -0.2) is 0 Å². The molecule has 0 fully saturated rings. The molecule has 0 unspecified atom stereocenters. The van der Waals surface area contributed by atoms with Gasteiger partial charge < -0.3 is 0 Å². The van der Waals surface area contributed by atoms with E-state index in [1.54, 1.807) is 0 Å². The van der Waals surface area contributed by atoms with Gasteiger partial charge in [0.1, 0.15) is 0 Å². The van der Waals surface area contributed by atoms with Crippen LogP contribution in [0.25, 0.3) is 0 Å². The van der Waals surface area contributed by atoms with Crippen molar-refractivity contribution in [1.82, 2.24) is 0 Å². The summed E-state index contributed by atoms with van der Waals surface area (Å²) < 4.78 is 5.30. The van der Waals surface area contributed by atoms with Crippen LogP contribution >= 0.6 is 0 Å². The third-order valence-electron chi connectivity index (χ3n) is 10.6. The first-order valence-corrected chi connectivity index (χ1v) is 25.2. The SMILES string of the molecule is Cc1ccc(C(C)(C)[CH2][Sn]([CH2]C(C)(C)c2ccc(C)cc2)([CH2]C(C)(C)c2ccc(C)cc2)[CH2]C(C)(C)c2ccc(C)cc2)cc1. The molecule has 0 aliphatic rings. The van der Waals surface area contributed by atoms with Crippen molar-refractivity contribution < 1.29 is 0 Å². The van der Waals surface area contributed by atoms with Crippen molar-refractivity contribution in [3.05, 3.63) is 142 Å². The Kier molecular flexibility index (Phi) is 10.6. The number of hydrogen-bond donors (Lipinski definition) is 0. The molecule has 0 saturated carbocycles. The Morgan fingerprint density at radius 1 is 0.311 bits per heavy atom. The maximum atomic E-state index is 2.54. The van der Waals surface area contributed by atoms with Gasteiger partial charge in [-0.1, -0.05) is 0 Å². The number of aryl methyl sites for hydroxylation is 4. The minimum atomic E-state index is -3.23. The molecule has 0 nitrogen and oxygen atoms in total. The van der Waals surface area contributed by atoms with Crippen molar-refractivity contribution in [2.75, 3.05) is 0 Å². The van der Waals surface area contributed by atoms with Crippen LogP contribution < -0.4 is 0 Å². The van der Waals surface area contributed by atoms with E-state index in [0.29, 0.717) is 0 Å². The van der Waals surface area contributed by atoms with E-state index in [2.05, 4.69) is 180 Å². The summed E-state index contributed by atoms with van der Waals surface area (Å²) in [5, 5.41) is 0. The molecule has 0 aromatic heterocycles. The molecule has 0 heterocycles. The normalized spacial score (nSPS) is 13.2. The summed E-state index contributed by atoms with van der Waals surface area (Å²) >= 11 is -3.23. The second-order valence-corrected chi connectivity index (χ2v) is 29.8. The van der Waals surface area contributed by atoms with Gasteiger partial charge >= 0.3 is 282 Å². The van der Waals surface area contributed by atoms with E-state index in [1.165, 1.54) is 62.3 Å². The maximum absolute atomic E-state index is 3.23. The van der Waals surface area contributed by atoms with Crippen molar-refractivity contribution in [2.24, 2.45) is 0 Å². The third kappa shape index (κ3) is 8.94. The van der Waals surface area contributed by atoms with Gasteiger partial charge in [-0.15, -0.1) is 0 Å². The van der Waals surface area contributed by atoms with Crippen LogP contribution in [0.15, 0.2) is 97.1 Å². The van der Waals surface area contributed by atoms with Gasteiger partial charge in [0, 0.05) is 0 Å². The summed E-state index contributed by atoms with van der Waals surface area (Å²) in [5.74, 6) is 0. The fraction of sp³-hybridized carbons (Fsp3) is 0.455. The first kappa shape index (κ1) is 35.5. The van der Waals surface area contributed by atoms with Crippen LogP contribution in [0.1, 0.15) is 99.9 Å². The van der Waals surface area contributed by atoms with Gasteiger partial charge in [0.15, 0.2) is 0 Å². The van der Waals surface area contributed by atoms with Crippen molar-refractivity contribution in [3.8, 4) is 0 Å². The molecule has 4 aromatic carbocycles.